The number of rotatable bonds is 3. The Kier molecular flexibility index (Phi) is 5.07. The number of methoxy groups -OCH3 is 1. The van der Waals surface area contributed by atoms with Gasteiger partial charge in [-0.3, -0.25) is 0 Å². The first-order valence-corrected chi connectivity index (χ1v) is 7.31. The topological polar surface area (TPSA) is 50.8 Å². The van der Waals surface area contributed by atoms with Crippen molar-refractivity contribution >= 4 is 6.03 Å². The molecule has 0 aromatic heterocycles. The van der Waals surface area contributed by atoms with E-state index in [9.17, 15) is 4.79 Å². The van der Waals surface area contributed by atoms with E-state index in [0.29, 0.717) is 19.6 Å². The van der Waals surface area contributed by atoms with Crippen LogP contribution in [0.15, 0.2) is 18.2 Å². The first-order valence-electron chi connectivity index (χ1n) is 7.31. The predicted octanol–water partition coefficient (Wildman–Crippen LogP) is 2.32. The lowest BCUT2D eigenvalue weighted by Gasteiger charge is -2.35. The highest BCUT2D eigenvalue weighted by atomic mass is 16.5. The number of nitrogens with zero attached hydrogens (tertiary/aromatic N) is 1. The van der Waals surface area contributed by atoms with Crippen LogP contribution in [-0.4, -0.2) is 43.3 Å². The molecule has 1 aliphatic rings. The van der Waals surface area contributed by atoms with Gasteiger partial charge in [0.05, 0.1) is 19.3 Å². The fraction of sp³-hybridized carbons (Fsp3) is 0.562. The molecule has 0 spiro atoms. The number of carbonyl (C=O) groups excluding carboxylic acids is 1. The number of ether oxygens (including phenoxy) is 2. The van der Waals surface area contributed by atoms with Gasteiger partial charge < -0.3 is 19.7 Å². The molecule has 1 N–H and O–H groups in total. The molecule has 1 heterocycles. The van der Waals surface area contributed by atoms with Crippen LogP contribution in [0.25, 0.3) is 0 Å². The van der Waals surface area contributed by atoms with Crippen LogP contribution in [0, 0.1) is 6.92 Å². The highest BCUT2D eigenvalue weighted by Crippen LogP contribution is 2.18. The number of nitrogens with one attached hydrogen (secondary N) is 1. The van der Waals surface area contributed by atoms with Crippen LogP contribution in [0.4, 0.5) is 4.79 Å². The largest absolute Gasteiger partial charge is 0.496 e. The fourth-order valence-electron chi connectivity index (χ4n) is 2.68. The second kappa shape index (κ2) is 6.80. The van der Waals surface area contributed by atoms with E-state index in [1.807, 2.05) is 43.9 Å². The molecule has 2 amide bonds. The SMILES string of the molecule is COc1ccc(CNC(=O)N2CC(C)OC(C)C2)cc1C. The molecular weight excluding hydrogens is 268 g/mol. The Labute approximate surface area is 126 Å². The second-order valence-electron chi connectivity index (χ2n) is 5.62. The van der Waals surface area contributed by atoms with Gasteiger partial charge in [-0.1, -0.05) is 12.1 Å². The van der Waals surface area contributed by atoms with Crippen LogP contribution < -0.4 is 10.1 Å². The Morgan fingerprint density at radius 1 is 1.38 bits per heavy atom. The van der Waals surface area contributed by atoms with Gasteiger partial charge in [-0.2, -0.15) is 0 Å². The van der Waals surface area contributed by atoms with Gasteiger partial charge in [-0.15, -0.1) is 0 Å². The van der Waals surface area contributed by atoms with E-state index in [2.05, 4.69) is 5.32 Å². The van der Waals surface area contributed by atoms with E-state index in [0.717, 1.165) is 16.9 Å². The molecule has 1 aromatic carbocycles. The summed E-state index contributed by atoms with van der Waals surface area (Å²) in [5, 5.41) is 2.97. The first kappa shape index (κ1) is 15.6. The van der Waals surface area contributed by atoms with Crippen LogP contribution in [-0.2, 0) is 11.3 Å². The van der Waals surface area contributed by atoms with Crippen LogP contribution in [0.1, 0.15) is 25.0 Å². The maximum atomic E-state index is 12.2. The lowest BCUT2D eigenvalue weighted by atomic mass is 10.1. The summed E-state index contributed by atoms with van der Waals surface area (Å²) >= 11 is 0. The van der Waals surface area contributed by atoms with Gasteiger partial charge >= 0.3 is 6.03 Å². The summed E-state index contributed by atoms with van der Waals surface area (Å²) in [5.41, 5.74) is 2.13. The average Bonchev–Trinajstić information content (AvgIpc) is 2.43. The summed E-state index contributed by atoms with van der Waals surface area (Å²) < 4.78 is 10.9. The van der Waals surface area contributed by atoms with E-state index in [1.54, 1.807) is 7.11 Å². The van der Waals surface area contributed by atoms with Crippen LogP contribution in [0.5, 0.6) is 5.75 Å². The Bertz CT molecular complexity index is 494. The molecule has 1 aromatic rings. The smallest absolute Gasteiger partial charge is 0.317 e. The normalized spacial score (nSPS) is 22.0. The molecule has 2 unspecified atom stereocenters. The minimum Gasteiger partial charge on any atom is -0.496 e. The van der Waals surface area contributed by atoms with Gasteiger partial charge in [-0.25, -0.2) is 4.79 Å². The van der Waals surface area contributed by atoms with Crippen molar-refractivity contribution in [3.8, 4) is 5.75 Å². The molecule has 1 fully saturated rings. The first-order chi connectivity index (χ1) is 9.99. The van der Waals surface area contributed by atoms with Crippen molar-refractivity contribution in [2.45, 2.75) is 39.5 Å². The van der Waals surface area contributed by atoms with E-state index < -0.39 is 0 Å². The maximum absolute atomic E-state index is 12.2. The number of amides is 2. The molecule has 1 saturated heterocycles. The van der Waals surface area contributed by atoms with Crippen molar-refractivity contribution in [1.82, 2.24) is 10.2 Å². The molecule has 5 heteroatoms. The molecule has 0 saturated carbocycles. The lowest BCUT2D eigenvalue weighted by Crippen LogP contribution is -2.51. The van der Waals surface area contributed by atoms with Gasteiger partial charge in [-0.05, 0) is 38.0 Å². The Balaban J connectivity index is 1.90. The van der Waals surface area contributed by atoms with E-state index in [-0.39, 0.29) is 18.2 Å². The second-order valence-corrected chi connectivity index (χ2v) is 5.62. The highest BCUT2D eigenvalue weighted by Gasteiger charge is 2.25. The molecule has 116 valence electrons. The van der Waals surface area contributed by atoms with Crippen molar-refractivity contribution in [1.29, 1.82) is 0 Å². The monoisotopic (exact) mass is 292 g/mol. The highest BCUT2D eigenvalue weighted by molar-refractivity contribution is 5.74. The molecule has 0 bridgehead atoms. The summed E-state index contributed by atoms with van der Waals surface area (Å²) in [6.07, 6.45) is 0.172. The van der Waals surface area contributed by atoms with Crippen molar-refractivity contribution in [2.24, 2.45) is 0 Å². The predicted molar refractivity (Wildman–Crippen MR) is 81.5 cm³/mol. The third kappa shape index (κ3) is 4.11. The summed E-state index contributed by atoms with van der Waals surface area (Å²) in [6.45, 7) is 7.76. The number of aryl methyl sites for hydroxylation is 1. The minimum absolute atomic E-state index is 0.0366. The third-order valence-corrected chi connectivity index (χ3v) is 3.61. The Hall–Kier alpha value is -1.75. The number of carbonyl (C=O) groups is 1. The maximum Gasteiger partial charge on any atom is 0.317 e. The standard InChI is InChI=1S/C16H24N2O3/c1-11-7-14(5-6-15(11)20-4)8-17-16(19)18-9-12(2)21-13(3)10-18/h5-7,12-13H,8-10H2,1-4H3,(H,17,19). The van der Waals surface area contributed by atoms with Crippen molar-refractivity contribution in [2.75, 3.05) is 20.2 Å². The van der Waals surface area contributed by atoms with Gasteiger partial charge in [0, 0.05) is 19.6 Å². The van der Waals surface area contributed by atoms with Crippen molar-refractivity contribution in [3.63, 3.8) is 0 Å². The molecule has 21 heavy (non-hydrogen) atoms. The molecule has 0 radical (unpaired) electrons. The lowest BCUT2D eigenvalue weighted by molar-refractivity contribution is -0.0545. The van der Waals surface area contributed by atoms with Gasteiger partial charge in [0.25, 0.3) is 0 Å². The van der Waals surface area contributed by atoms with E-state index in [4.69, 9.17) is 9.47 Å². The van der Waals surface area contributed by atoms with Gasteiger partial charge in [0.1, 0.15) is 5.75 Å². The van der Waals surface area contributed by atoms with Crippen molar-refractivity contribution < 1.29 is 14.3 Å². The zero-order chi connectivity index (χ0) is 15.4. The van der Waals surface area contributed by atoms with E-state index in [1.165, 1.54) is 0 Å². The third-order valence-electron chi connectivity index (χ3n) is 3.61. The Morgan fingerprint density at radius 2 is 2.05 bits per heavy atom. The van der Waals surface area contributed by atoms with E-state index >= 15 is 0 Å². The summed E-state index contributed by atoms with van der Waals surface area (Å²) in [4.78, 5) is 14.0. The number of benzene rings is 1. The zero-order valence-electron chi connectivity index (χ0n) is 13.2. The number of hydrogen-bond acceptors (Lipinski definition) is 3. The quantitative estimate of drug-likeness (QED) is 0.930. The number of hydrogen-bond donors (Lipinski definition) is 1. The fourth-order valence-corrected chi connectivity index (χ4v) is 2.68. The van der Waals surface area contributed by atoms with Gasteiger partial charge in [0.15, 0.2) is 0 Å². The summed E-state index contributed by atoms with van der Waals surface area (Å²) in [6, 6.07) is 5.89. The number of morpholine rings is 1. The van der Waals surface area contributed by atoms with Crippen LogP contribution in [0.2, 0.25) is 0 Å². The molecule has 0 aliphatic carbocycles. The van der Waals surface area contributed by atoms with Gasteiger partial charge in [0.2, 0.25) is 0 Å². The zero-order valence-corrected chi connectivity index (χ0v) is 13.2. The molecule has 1 aliphatic heterocycles. The summed E-state index contributed by atoms with van der Waals surface area (Å²) in [5.74, 6) is 0.862. The minimum atomic E-state index is -0.0366. The van der Waals surface area contributed by atoms with Crippen LogP contribution in [0.3, 0.4) is 0 Å². The molecular formula is C16H24N2O3. The Morgan fingerprint density at radius 3 is 2.62 bits per heavy atom. The molecule has 5 nitrogen and oxygen atoms in total. The molecule has 2 rings (SSSR count). The van der Waals surface area contributed by atoms with Crippen LogP contribution >= 0.6 is 0 Å². The molecule has 2 atom stereocenters. The van der Waals surface area contributed by atoms with Crippen molar-refractivity contribution in [3.05, 3.63) is 29.3 Å². The average molecular weight is 292 g/mol. The number of urea groups is 1. The summed E-state index contributed by atoms with van der Waals surface area (Å²) in [7, 11) is 1.66.